The van der Waals surface area contributed by atoms with E-state index in [1.54, 1.807) is 13.1 Å². The maximum Gasteiger partial charge on any atom is 0.315 e. The maximum absolute atomic E-state index is 11.8. The van der Waals surface area contributed by atoms with Gasteiger partial charge in [0.25, 0.3) is 0 Å². The monoisotopic (exact) mass is 237 g/mol. The highest BCUT2D eigenvalue weighted by atomic mass is 32.1. The Hall–Kier alpha value is -1.62. The van der Waals surface area contributed by atoms with Crippen molar-refractivity contribution in [3.05, 3.63) is 23.7 Å². The molecule has 2 heterocycles. The number of fused-ring (bicyclic) bond motifs is 1. The summed E-state index contributed by atoms with van der Waals surface area (Å²) in [4.78, 5) is 23.8. The minimum absolute atomic E-state index is 0.213. The van der Waals surface area contributed by atoms with Crippen molar-refractivity contribution in [2.45, 2.75) is 13.3 Å². The van der Waals surface area contributed by atoms with E-state index in [4.69, 9.17) is 4.74 Å². The molecule has 0 aliphatic rings. The number of ether oxygens (including phenoxy) is 1. The van der Waals surface area contributed by atoms with Crippen LogP contribution in [0.4, 0.5) is 0 Å². The molecule has 2 aromatic rings. The van der Waals surface area contributed by atoms with Gasteiger partial charge in [-0.15, -0.1) is 11.3 Å². The smallest absolute Gasteiger partial charge is 0.315 e. The molecule has 0 saturated carbocycles. The van der Waals surface area contributed by atoms with Crippen molar-refractivity contribution in [1.82, 2.24) is 4.57 Å². The van der Waals surface area contributed by atoms with E-state index >= 15 is 0 Å². The maximum atomic E-state index is 11.8. The fourth-order valence-electron chi connectivity index (χ4n) is 1.47. The number of hydrogen-bond acceptors (Lipinski definition) is 4. The van der Waals surface area contributed by atoms with Crippen molar-refractivity contribution in [3.63, 3.8) is 0 Å². The van der Waals surface area contributed by atoms with Gasteiger partial charge in [0.15, 0.2) is 0 Å². The summed E-state index contributed by atoms with van der Waals surface area (Å²) in [6.07, 6.45) is 1.47. The van der Waals surface area contributed by atoms with E-state index in [1.807, 2.05) is 17.5 Å². The molecular formula is C11H11NO3S. The first kappa shape index (κ1) is 10.9. The van der Waals surface area contributed by atoms with Crippen LogP contribution in [0.5, 0.6) is 0 Å². The van der Waals surface area contributed by atoms with E-state index in [9.17, 15) is 9.59 Å². The Morgan fingerprint density at radius 2 is 2.25 bits per heavy atom. The van der Waals surface area contributed by atoms with Crippen molar-refractivity contribution >= 4 is 33.4 Å². The van der Waals surface area contributed by atoms with Crippen LogP contribution in [0.1, 0.15) is 18.1 Å². The van der Waals surface area contributed by atoms with Gasteiger partial charge in [-0.1, -0.05) is 0 Å². The normalized spacial score (nSPS) is 10.6. The van der Waals surface area contributed by atoms with E-state index < -0.39 is 5.97 Å². The van der Waals surface area contributed by atoms with Gasteiger partial charge >= 0.3 is 5.97 Å². The molecule has 0 spiro atoms. The third kappa shape index (κ3) is 1.99. The summed E-state index contributed by atoms with van der Waals surface area (Å²) < 4.78 is 6.23. The minimum Gasteiger partial charge on any atom is -0.466 e. The summed E-state index contributed by atoms with van der Waals surface area (Å²) >= 11 is 1.48. The van der Waals surface area contributed by atoms with Crippen molar-refractivity contribution < 1.29 is 14.3 Å². The average molecular weight is 237 g/mol. The molecule has 2 aromatic heterocycles. The SMILES string of the molecule is CCOC(=O)CC(=O)n1ccc2ccsc21. The number of hydrogen-bond donors (Lipinski definition) is 0. The Morgan fingerprint density at radius 3 is 3.00 bits per heavy atom. The molecule has 0 radical (unpaired) electrons. The summed E-state index contributed by atoms with van der Waals surface area (Å²) in [6, 6.07) is 3.79. The van der Waals surface area contributed by atoms with Gasteiger partial charge < -0.3 is 4.74 Å². The van der Waals surface area contributed by atoms with E-state index in [-0.39, 0.29) is 12.3 Å². The number of nitrogens with zero attached hydrogens (tertiary/aromatic N) is 1. The van der Waals surface area contributed by atoms with Crippen LogP contribution in [0.15, 0.2) is 23.7 Å². The summed E-state index contributed by atoms with van der Waals surface area (Å²) in [5, 5.41) is 2.93. The average Bonchev–Trinajstić information content (AvgIpc) is 2.77. The number of esters is 1. The Bertz CT molecular complexity index is 526. The van der Waals surface area contributed by atoms with Crippen molar-refractivity contribution in [1.29, 1.82) is 0 Å². The lowest BCUT2D eigenvalue weighted by molar-refractivity contribution is -0.142. The van der Waals surface area contributed by atoms with Gasteiger partial charge in [-0.2, -0.15) is 0 Å². The summed E-state index contributed by atoms with van der Waals surface area (Å²) in [6.45, 7) is 2.02. The van der Waals surface area contributed by atoms with Crippen LogP contribution in [-0.2, 0) is 9.53 Å². The van der Waals surface area contributed by atoms with E-state index in [0.29, 0.717) is 6.61 Å². The Balaban J connectivity index is 2.16. The molecular weight excluding hydrogens is 226 g/mol. The number of aromatic nitrogens is 1. The predicted molar refractivity (Wildman–Crippen MR) is 61.7 cm³/mol. The van der Waals surface area contributed by atoms with E-state index in [0.717, 1.165) is 10.2 Å². The first-order chi connectivity index (χ1) is 7.72. The zero-order chi connectivity index (χ0) is 11.5. The molecule has 84 valence electrons. The third-order valence-electron chi connectivity index (χ3n) is 2.17. The van der Waals surface area contributed by atoms with Crippen LogP contribution in [0.3, 0.4) is 0 Å². The Labute approximate surface area is 96.4 Å². The Kier molecular flexibility index (Phi) is 3.05. The second-order valence-electron chi connectivity index (χ2n) is 3.24. The van der Waals surface area contributed by atoms with Crippen molar-refractivity contribution in [2.24, 2.45) is 0 Å². The summed E-state index contributed by atoms with van der Waals surface area (Å²) in [5.74, 6) is -0.734. The van der Waals surface area contributed by atoms with Crippen LogP contribution in [0, 0.1) is 0 Å². The lowest BCUT2D eigenvalue weighted by atomic mass is 10.4. The van der Waals surface area contributed by atoms with Crippen LogP contribution >= 0.6 is 11.3 Å². The van der Waals surface area contributed by atoms with Gasteiger partial charge in [0.1, 0.15) is 11.3 Å². The molecule has 0 aliphatic heterocycles. The lowest BCUT2D eigenvalue weighted by Gasteiger charge is -2.02. The molecule has 4 nitrogen and oxygen atoms in total. The standard InChI is InChI=1S/C11H11NO3S/c1-2-15-10(14)7-9(13)12-5-3-8-4-6-16-11(8)12/h3-6H,2,7H2,1H3. The topological polar surface area (TPSA) is 48.3 Å². The molecule has 0 amide bonds. The van der Waals surface area contributed by atoms with Gasteiger partial charge in [-0.25, -0.2) is 0 Å². The first-order valence-electron chi connectivity index (χ1n) is 4.95. The molecule has 16 heavy (non-hydrogen) atoms. The number of thiophene rings is 1. The zero-order valence-electron chi connectivity index (χ0n) is 8.80. The highest BCUT2D eigenvalue weighted by Gasteiger charge is 2.14. The van der Waals surface area contributed by atoms with E-state index in [1.165, 1.54) is 15.9 Å². The largest absolute Gasteiger partial charge is 0.466 e. The highest BCUT2D eigenvalue weighted by Crippen LogP contribution is 2.22. The van der Waals surface area contributed by atoms with Gasteiger partial charge in [-0.3, -0.25) is 14.2 Å². The Morgan fingerprint density at radius 1 is 1.44 bits per heavy atom. The van der Waals surface area contributed by atoms with Gasteiger partial charge in [-0.05, 0) is 24.4 Å². The van der Waals surface area contributed by atoms with Gasteiger partial charge in [0.05, 0.1) is 6.61 Å². The minimum atomic E-state index is -0.481. The zero-order valence-corrected chi connectivity index (χ0v) is 9.62. The third-order valence-corrected chi connectivity index (χ3v) is 3.09. The predicted octanol–water partition coefficient (Wildman–Crippen LogP) is 2.30. The second-order valence-corrected chi connectivity index (χ2v) is 4.14. The molecule has 0 bridgehead atoms. The molecule has 5 heteroatoms. The van der Waals surface area contributed by atoms with Crippen LogP contribution in [0.25, 0.3) is 10.2 Å². The summed E-state index contributed by atoms with van der Waals surface area (Å²) in [5.41, 5.74) is 0. The molecule has 0 atom stereocenters. The molecule has 0 aliphatic carbocycles. The molecule has 0 N–H and O–H groups in total. The molecule has 0 aromatic carbocycles. The number of rotatable bonds is 3. The van der Waals surface area contributed by atoms with Crippen LogP contribution < -0.4 is 0 Å². The number of carbonyl (C=O) groups excluding carboxylic acids is 2. The molecule has 2 rings (SSSR count). The molecule has 0 unspecified atom stereocenters. The van der Waals surface area contributed by atoms with Crippen molar-refractivity contribution in [2.75, 3.05) is 6.61 Å². The summed E-state index contributed by atoms with van der Waals surface area (Å²) in [7, 11) is 0. The lowest BCUT2D eigenvalue weighted by Crippen LogP contribution is -2.16. The molecule has 0 saturated heterocycles. The van der Waals surface area contributed by atoms with Gasteiger partial charge in [0, 0.05) is 11.6 Å². The van der Waals surface area contributed by atoms with Gasteiger partial charge in [0.2, 0.25) is 5.91 Å². The number of carbonyl (C=O) groups is 2. The van der Waals surface area contributed by atoms with Crippen LogP contribution in [0.2, 0.25) is 0 Å². The van der Waals surface area contributed by atoms with Crippen LogP contribution in [-0.4, -0.2) is 23.1 Å². The molecule has 0 fully saturated rings. The second kappa shape index (κ2) is 4.49. The highest BCUT2D eigenvalue weighted by molar-refractivity contribution is 7.16. The quantitative estimate of drug-likeness (QED) is 0.608. The fraction of sp³-hybridized carbons (Fsp3) is 0.273. The van der Waals surface area contributed by atoms with Crippen molar-refractivity contribution in [3.8, 4) is 0 Å². The first-order valence-corrected chi connectivity index (χ1v) is 5.83. The fourth-order valence-corrected chi connectivity index (χ4v) is 2.37. The van der Waals surface area contributed by atoms with E-state index in [2.05, 4.69) is 0 Å².